The van der Waals surface area contributed by atoms with Crippen molar-refractivity contribution in [2.75, 3.05) is 4.90 Å². The molecule has 9 aromatic carbocycles. The van der Waals surface area contributed by atoms with E-state index >= 15 is 0 Å². The molecular formula is C51H32N2. The van der Waals surface area contributed by atoms with Gasteiger partial charge in [-0.15, -0.1) is 0 Å². The number of hydrogen-bond acceptors (Lipinski definition) is 1. The Morgan fingerprint density at radius 1 is 0.377 bits per heavy atom. The van der Waals surface area contributed by atoms with Gasteiger partial charge < -0.3 is 9.47 Å². The summed E-state index contributed by atoms with van der Waals surface area (Å²) in [4.78, 5) is 2.52. The molecule has 0 fully saturated rings. The molecule has 1 aliphatic carbocycles. The third-order valence-electron chi connectivity index (χ3n) is 11.9. The van der Waals surface area contributed by atoms with E-state index in [-0.39, 0.29) is 0 Å². The van der Waals surface area contributed by atoms with Crippen LogP contribution in [0.1, 0.15) is 22.3 Å². The normalized spacial score (nSPS) is 13.4. The van der Waals surface area contributed by atoms with Crippen molar-refractivity contribution in [1.82, 2.24) is 4.57 Å². The zero-order valence-electron chi connectivity index (χ0n) is 28.9. The molecule has 0 amide bonds. The van der Waals surface area contributed by atoms with Crippen molar-refractivity contribution in [2.24, 2.45) is 0 Å². The van der Waals surface area contributed by atoms with Crippen molar-refractivity contribution >= 4 is 60.4 Å². The summed E-state index contributed by atoms with van der Waals surface area (Å²) in [5, 5.41) is 7.39. The number of hydrogen-bond donors (Lipinski definition) is 0. The fourth-order valence-electron chi connectivity index (χ4n) is 9.91. The lowest BCUT2D eigenvalue weighted by Crippen LogP contribution is -2.33. The molecule has 0 bridgehead atoms. The van der Waals surface area contributed by atoms with Crippen LogP contribution in [0.2, 0.25) is 0 Å². The second kappa shape index (κ2) is 10.6. The number of benzene rings is 9. The largest absolute Gasteiger partial charge is 0.309 e. The zero-order chi connectivity index (χ0) is 34.7. The molecular weight excluding hydrogens is 641 g/mol. The summed E-state index contributed by atoms with van der Waals surface area (Å²) in [5.41, 5.74) is 14.6. The Morgan fingerprint density at radius 2 is 0.887 bits per heavy atom. The lowest BCUT2D eigenvalue weighted by molar-refractivity contribution is 0.748. The first-order valence-electron chi connectivity index (χ1n) is 18.4. The van der Waals surface area contributed by atoms with Gasteiger partial charge in [-0.3, -0.25) is 0 Å². The summed E-state index contributed by atoms with van der Waals surface area (Å²) in [6.07, 6.45) is 0. The maximum absolute atomic E-state index is 2.54. The molecule has 0 atom stereocenters. The van der Waals surface area contributed by atoms with E-state index in [4.69, 9.17) is 0 Å². The minimum atomic E-state index is -0.522. The Kier molecular flexibility index (Phi) is 5.73. The zero-order valence-corrected chi connectivity index (χ0v) is 28.9. The Bertz CT molecular complexity index is 3010. The van der Waals surface area contributed by atoms with Crippen LogP contribution in [0.25, 0.3) is 60.2 Å². The molecule has 10 aromatic rings. The van der Waals surface area contributed by atoms with Gasteiger partial charge in [-0.1, -0.05) is 158 Å². The number of aromatic nitrogens is 1. The maximum atomic E-state index is 2.54. The monoisotopic (exact) mass is 672 g/mol. The standard InChI is InChI=1S/C51H32N2/c1-3-19-36-33(15-1)17-13-29-46(36)52(47-30-14-18-34-16-2-4-20-37(34)47)35-31-41-40-23-7-11-27-48(40)53-49-28-12-10-26-44(49)51(45(32-35)50(41)53)42-24-8-5-21-38(42)39-22-6-9-25-43(39)51/h1-32H. The van der Waals surface area contributed by atoms with Gasteiger partial charge in [0.15, 0.2) is 0 Å². The summed E-state index contributed by atoms with van der Waals surface area (Å²) in [6, 6.07) is 72.2. The van der Waals surface area contributed by atoms with E-state index in [2.05, 4.69) is 204 Å². The molecule has 53 heavy (non-hydrogen) atoms. The van der Waals surface area contributed by atoms with Crippen molar-refractivity contribution < 1.29 is 0 Å². The summed E-state index contributed by atoms with van der Waals surface area (Å²) in [7, 11) is 0. The van der Waals surface area contributed by atoms with Crippen LogP contribution in [0, 0.1) is 0 Å². The Morgan fingerprint density at radius 3 is 1.55 bits per heavy atom. The van der Waals surface area contributed by atoms with E-state index < -0.39 is 5.41 Å². The highest BCUT2D eigenvalue weighted by Gasteiger charge is 2.51. The van der Waals surface area contributed by atoms with Gasteiger partial charge in [0.25, 0.3) is 0 Å². The lowest BCUT2D eigenvalue weighted by atomic mass is 9.65. The number of rotatable bonds is 3. The SMILES string of the molecule is c1ccc2c(c1)-c1ccccc1C21c2ccccc2-n2c3ccccc3c3cc(N(c4cccc5ccccc45)c4cccc5ccccc45)cc1c32. The molecule has 1 spiro atoms. The summed E-state index contributed by atoms with van der Waals surface area (Å²) in [6.45, 7) is 0. The fourth-order valence-corrected chi connectivity index (χ4v) is 9.91. The predicted octanol–water partition coefficient (Wildman–Crippen LogP) is 13.2. The number of para-hydroxylation sites is 2. The summed E-state index contributed by atoms with van der Waals surface area (Å²) in [5.74, 6) is 0. The number of fused-ring (bicyclic) bond motifs is 14. The van der Waals surface area contributed by atoms with Crippen molar-refractivity contribution in [3.05, 3.63) is 216 Å². The van der Waals surface area contributed by atoms with E-state index in [1.54, 1.807) is 0 Å². The number of anilines is 3. The average Bonchev–Trinajstić information content (AvgIpc) is 3.72. The van der Waals surface area contributed by atoms with E-state index in [0.717, 1.165) is 17.1 Å². The second-order valence-electron chi connectivity index (χ2n) is 14.4. The van der Waals surface area contributed by atoms with E-state index in [1.807, 2.05) is 0 Å². The van der Waals surface area contributed by atoms with Crippen LogP contribution in [-0.2, 0) is 5.41 Å². The van der Waals surface area contributed by atoms with Gasteiger partial charge in [0.05, 0.1) is 33.5 Å². The first kappa shape index (κ1) is 28.8. The first-order chi connectivity index (χ1) is 26.3. The fraction of sp³-hybridized carbons (Fsp3) is 0.0196. The molecule has 0 saturated heterocycles. The molecule has 246 valence electrons. The Hall–Kier alpha value is -6.90. The lowest BCUT2D eigenvalue weighted by Gasteiger charge is -2.40. The van der Waals surface area contributed by atoms with Crippen molar-refractivity contribution in [2.45, 2.75) is 5.41 Å². The van der Waals surface area contributed by atoms with E-state index in [9.17, 15) is 0 Å². The van der Waals surface area contributed by atoms with Crippen LogP contribution in [0.15, 0.2) is 194 Å². The molecule has 2 heteroatoms. The Labute approximate surface area is 307 Å². The molecule has 0 unspecified atom stereocenters. The molecule has 2 nitrogen and oxygen atoms in total. The topological polar surface area (TPSA) is 8.17 Å². The minimum Gasteiger partial charge on any atom is -0.309 e. The predicted molar refractivity (Wildman–Crippen MR) is 221 cm³/mol. The van der Waals surface area contributed by atoms with Gasteiger partial charge in [-0.05, 0) is 80.6 Å². The highest BCUT2D eigenvalue weighted by molar-refractivity contribution is 6.15. The van der Waals surface area contributed by atoms with E-state index in [1.165, 1.54) is 82.4 Å². The van der Waals surface area contributed by atoms with Crippen molar-refractivity contribution in [3.63, 3.8) is 0 Å². The maximum Gasteiger partial charge on any atom is 0.0755 e. The van der Waals surface area contributed by atoms with Gasteiger partial charge in [0.2, 0.25) is 0 Å². The first-order valence-corrected chi connectivity index (χ1v) is 18.4. The van der Waals surface area contributed by atoms with Gasteiger partial charge >= 0.3 is 0 Å². The highest BCUT2D eigenvalue weighted by atomic mass is 15.1. The molecule has 2 heterocycles. The van der Waals surface area contributed by atoms with Crippen LogP contribution in [0.4, 0.5) is 17.1 Å². The van der Waals surface area contributed by atoms with Crippen LogP contribution in [0.5, 0.6) is 0 Å². The second-order valence-corrected chi connectivity index (χ2v) is 14.4. The minimum absolute atomic E-state index is 0.522. The summed E-state index contributed by atoms with van der Waals surface area (Å²) < 4.78 is 2.54. The molecule has 1 aliphatic heterocycles. The molecule has 2 aliphatic rings. The molecule has 0 N–H and O–H groups in total. The van der Waals surface area contributed by atoms with Crippen LogP contribution >= 0.6 is 0 Å². The molecule has 1 aromatic heterocycles. The van der Waals surface area contributed by atoms with Gasteiger partial charge in [-0.25, -0.2) is 0 Å². The molecule has 0 saturated carbocycles. The van der Waals surface area contributed by atoms with Crippen LogP contribution in [0.3, 0.4) is 0 Å². The van der Waals surface area contributed by atoms with Gasteiger partial charge in [-0.2, -0.15) is 0 Å². The van der Waals surface area contributed by atoms with E-state index in [0.29, 0.717) is 0 Å². The van der Waals surface area contributed by atoms with Crippen LogP contribution in [-0.4, -0.2) is 4.57 Å². The third kappa shape index (κ3) is 3.67. The quantitative estimate of drug-likeness (QED) is 0.181. The number of nitrogens with zero attached hydrogens (tertiary/aromatic N) is 2. The Balaban J connectivity index is 1.30. The molecule has 0 radical (unpaired) electrons. The molecule has 12 rings (SSSR count). The van der Waals surface area contributed by atoms with Gasteiger partial charge in [0, 0.05) is 27.2 Å². The summed E-state index contributed by atoms with van der Waals surface area (Å²) >= 11 is 0. The van der Waals surface area contributed by atoms with Gasteiger partial charge in [0.1, 0.15) is 0 Å². The van der Waals surface area contributed by atoms with Crippen LogP contribution < -0.4 is 4.90 Å². The average molecular weight is 673 g/mol. The van der Waals surface area contributed by atoms with Crippen molar-refractivity contribution in [3.8, 4) is 16.8 Å². The third-order valence-corrected chi connectivity index (χ3v) is 11.9. The van der Waals surface area contributed by atoms with Crippen molar-refractivity contribution in [1.29, 1.82) is 0 Å². The smallest absolute Gasteiger partial charge is 0.0755 e. The highest BCUT2D eigenvalue weighted by Crippen LogP contribution is 2.62.